The fourth-order valence-corrected chi connectivity index (χ4v) is 1.79. The summed E-state index contributed by atoms with van der Waals surface area (Å²) < 4.78 is 18.9. The Morgan fingerprint density at radius 3 is 1.82 bits per heavy atom. The second kappa shape index (κ2) is 11.2. The summed E-state index contributed by atoms with van der Waals surface area (Å²) in [6.07, 6.45) is 2.07. The van der Waals surface area contributed by atoms with E-state index in [1.807, 2.05) is 6.92 Å². The lowest BCUT2D eigenvalue weighted by atomic mass is 10.3. The minimum absolute atomic E-state index is 0.147. The van der Waals surface area contributed by atoms with Crippen molar-refractivity contribution < 1.29 is 28.5 Å². The fraction of sp³-hybridized carbons (Fsp3) is 0.333. The van der Waals surface area contributed by atoms with Crippen LogP contribution in [0.15, 0.2) is 18.7 Å². The number of aryl methyl sites for hydroxylation is 1. The number of ether oxygens (including phenoxy) is 4. The molecular weight excluding hydrogens is 368 g/mol. The van der Waals surface area contributed by atoms with Gasteiger partial charge in [0.25, 0.3) is 0 Å². The van der Waals surface area contributed by atoms with E-state index in [-0.39, 0.29) is 11.4 Å². The van der Waals surface area contributed by atoms with Crippen molar-refractivity contribution in [2.45, 2.75) is 13.3 Å². The van der Waals surface area contributed by atoms with Gasteiger partial charge in [0.15, 0.2) is 17.2 Å². The van der Waals surface area contributed by atoms with E-state index in [4.69, 9.17) is 9.47 Å². The number of hydrogen-bond acceptors (Lipinski definition) is 10. The molecule has 150 valence electrons. The third kappa shape index (κ3) is 6.31. The quantitative estimate of drug-likeness (QED) is 0.674. The number of nitrogens with zero attached hydrogens (tertiary/aromatic N) is 4. The highest BCUT2D eigenvalue weighted by molar-refractivity contribution is 5.87. The van der Waals surface area contributed by atoms with Crippen molar-refractivity contribution >= 4 is 18.0 Å². The summed E-state index contributed by atoms with van der Waals surface area (Å²) in [7, 11) is 5.53. The zero-order chi connectivity index (χ0) is 21.1. The lowest BCUT2D eigenvalue weighted by molar-refractivity contribution is 0.0584. The third-order valence-corrected chi connectivity index (χ3v) is 3.18. The molecule has 0 fully saturated rings. The Hall–Kier alpha value is -3.56. The van der Waals surface area contributed by atoms with Gasteiger partial charge in [0.2, 0.25) is 11.8 Å². The summed E-state index contributed by atoms with van der Waals surface area (Å²) in [5.74, 6) is 0.538. The lowest BCUT2D eigenvalue weighted by Gasteiger charge is -2.04. The van der Waals surface area contributed by atoms with Crippen LogP contribution >= 0.6 is 0 Å². The van der Waals surface area contributed by atoms with Gasteiger partial charge in [-0.05, 0) is 6.08 Å². The summed E-state index contributed by atoms with van der Waals surface area (Å²) in [5, 5.41) is 0. The van der Waals surface area contributed by atoms with E-state index in [1.54, 1.807) is 0 Å². The van der Waals surface area contributed by atoms with Crippen LogP contribution in [0.4, 0.5) is 0 Å². The average Bonchev–Trinajstić information content (AvgIpc) is 2.77. The molecule has 0 radical (unpaired) electrons. The zero-order valence-electron chi connectivity index (χ0n) is 16.4. The first kappa shape index (κ1) is 22.5. The molecule has 0 amide bonds. The normalized spacial score (nSPS) is 9.46. The van der Waals surface area contributed by atoms with Crippen molar-refractivity contribution in [1.29, 1.82) is 0 Å². The first-order chi connectivity index (χ1) is 13.4. The topological polar surface area (TPSA) is 123 Å². The van der Waals surface area contributed by atoms with Gasteiger partial charge in [-0.1, -0.05) is 13.5 Å². The minimum atomic E-state index is -0.534. The van der Waals surface area contributed by atoms with Gasteiger partial charge in [-0.25, -0.2) is 19.6 Å². The van der Waals surface area contributed by atoms with E-state index in [9.17, 15) is 9.59 Å². The second-order valence-electron chi connectivity index (χ2n) is 4.91. The fourth-order valence-electron chi connectivity index (χ4n) is 1.79. The van der Waals surface area contributed by atoms with Crippen LogP contribution in [0.2, 0.25) is 0 Å². The monoisotopic (exact) mass is 390 g/mol. The van der Waals surface area contributed by atoms with Gasteiger partial charge in [0.05, 0.1) is 28.4 Å². The number of carbonyl (C=O) groups excluding carboxylic acids is 2. The zero-order valence-corrected chi connectivity index (χ0v) is 16.4. The van der Waals surface area contributed by atoms with Crippen molar-refractivity contribution in [3.63, 3.8) is 0 Å². The highest BCUT2D eigenvalue weighted by Gasteiger charge is 2.12. The molecule has 0 aliphatic rings. The van der Waals surface area contributed by atoms with Gasteiger partial charge in [-0.2, -0.15) is 9.97 Å². The maximum absolute atomic E-state index is 11.2. The highest BCUT2D eigenvalue weighted by atomic mass is 16.5. The van der Waals surface area contributed by atoms with Crippen molar-refractivity contribution in [1.82, 2.24) is 19.9 Å². The molecular formula is C18H22N4O6. The Morgan fingerprint density at radius 2 is 1.39 bits per heavy atom. The molecule has 10 heteroatoms. The number of aromatic nitrogens is 4. The Labute approximate surface area is 162 Å². The third-order valence-electron chi connectivity index (χ3n) is 3.18. The second-order valence-corrected chi connectivity index (χ2v) is 4.91. The number of esters is 2. The van der Waals surface area contributed by atoms with Crippen molar-refractivity contribution in [3.05, 3.63) is 41.7 Å². The molecule has 2 heterocycles. The molecule has 0 saturated carbocycles. The van der Waals surface area contributed by atoms with Crippen LogP contribution in [0.25, 0.3) is 6.08 Å². The minimum Gasteiger partial charge on any atom is -0.481 e. The molecule has 2 aromatic rings. The maximum atomic E-state index is 11.2. The van der Waals surface area contributed by atoms with E-state index in [2.05, 4.69) is 36.0 Å². The van der Waals surface area contributed by atoms with Crippen LogP contribution in [-0.2, 0) is 15.9 Å². The summed E-state index contributed by atoms with van der Waals surface area (Å²) in [6, 6.07) is 2.85. The van der Waals surface area contributed by atoms with Gasteiger partial charge in [0, 0.05) is 18.6 Å². The standard InChI is InChI=1S/C9H12N2O3.C9H10N2O3/c2*1-4-7-10-6(9(12)14-3)5-8(11-7)13-2/h5H,4H2,1-3H3;4-5H,1H2,2-3H3. The van der Waals surface area contributed by atoms with E-state index in [0.717, 1.165) is 0 Å². The first-order valence-corrected chi connectivity index (χ1v) is 8.06. The SMILES string of the molecule is C=Cc1nc(OC)cc(C(=O)OC)n1.CCc1nc(OC)cc(C(=O)OC)n1. The van der Waals surface area contributed by atoms with E-state index in [1.165, 1.54) is 46.6 Å². The van der Waals surface area contributed by atoms with Crippen LogP contribution in [0, 0.1) is 0 Å². The molecule has 28 heavy (non-hydrogen) atoms. The van der Waals surface area contributed by atoms with E-state index < -0.39 is 11.9 Å². The first-order valence-electron chi connectivity index (χ1n) is 8.06. The molecule has 10 nitrogen and oxygen atoms in total. The summed E-state index contributed by atoms with van der Waals surface area (Å²) in [6.45, 7) is 5.40. The van der Waals surface area contributed by atoms with Crippen molar-refractivity contribution in [3.8, 4) is 11.8 Å². The molecule has 0 aliphatic heterocycles. The Kier molecular flexibility index (Phi) is 9.01. The smallest absolute Gasteiger partial charge is 0.356 e. The van der Waals surface area contributed by atoms with Gasteiger partial charge in [-0.15, -0.1) is 0 Å². The predicted octanol–water partition coefficient (Wildman–Crippen LogP) is 1.75. The largest absolute Gasteiger partial charge is 0.481 e. The van der Waals surface area contributed by atoms with Crippen LogP contribution in [0.1, 0.15) is 39.5 Å². The molecule has 2 aromatic heterocycles. The maximum Gasteiger partial charge on any atom is 0.356 e. The Bertz CT molecular complexity index is 819. The lowest BCUT2D eigenvalue weighted by Crippen LogP contribution is -2.08. The van der Waals surface area contributed by atoms with Crippen LogP contribution in [-0.4, -0.2) is 60.3 Å². The predicted molar refractivity (Wildman–Crippen MR) is 99.3 cm³/mol. The molecule has 0 aromatic carbocycles. The summed E-state index contributed by atoms with van der Waals surface area (Å²) >= 11 is 0. The Morgan fingerprint density at radius 1 is 0.893 bits per heavy atom. The molecule has 0 unspecified atom stereocenters. The molecule has 0 bridgehead atoms. The molecule has 0 atom stereocenters. The van der Waals surface area contributed by atoms with Crippen LogP contribution in [0.5, 0.6) is 11.8 Å². The highest BCUT2D eigenvalue weighted by Crippen LogP contribution is 2.11. The molecule has 0 saturated heterocycles. The number of hydrogen-bond donors (Lipinski definition) is 0. The van der Waals surface area contributed by atoms with Crippen LogP contribution < -0.4 is 9.47 Å². The molecule has 0 aliphatic carbocycles. The summed E-state index contributed by atoms with van der Waals surface area (Å²) in [4.78, 5) is 38.2. The number of rotatable bonds is 6. The number of methoxy groups -OCH3 is 4. The van der Waals surface area contributed by atoms with E-state index in [0.29, 0.717) is 29.8 Å². The summed E-state index contributed by atoms with van der Waals surface area (Å²) in [5.41, 5.74) is 0.366. The van der Waals surface area contributed by atoms with Crippen molar-refractivity contribution in [2.24, 2.45) is 0 Å². The van der Waals surface area contributed by atoms with Crippen molar-refractivity contribution in [2.75, 3.05) is 28.4 Å². The van der Waals surface area contributed by atoms with Crippen LogP contribution in [0.3, 0.4) is 0 Å². The molecule has 0 spiro atoms. The number of carbonyl (C=O) groups is 2. The van der Waals surface area contributed by atoms with Gasteiger partial charge >= 0.3 is 11.9 Å². The Balaban J connectivity index is 0.000000280. The van der Waals surface area contributed by atoms with E-state index >= 15 is 0 Å². The average molecular weight is 390 g/mol. The molecule has 0 N–H and O–H groups in total. The molecule has 2 rings (SSSR count). The van der Waals surface area contributed by atoms with Gasteiger partial charge < -0.3 is 18.9 Å². The van der Waals surface area contributed by atoms with Gasteiger partial charge in [0.1, 0.15) is 5.82 Å². The van der Waals surface area contributed by atoms with Gasteiger partial charge in [-0.3, -0.25) is 0 Å².